The van der Waals surface area contributed by atoms with Crippen molar-refractivity contribution in [3.8, 4) is 0 Å². The van der Waals surface area contributed by atoms with Crippen LogP contribution in [-0.2, 0) is 17.6 Å². The number of hydrogen-bond donors (Lipinski definition) is 3. The Morgan fingerprint density at radius 2 is 1.70 bits per heavy atom. The van der Waals surface area contributed by atoms with E-state index >= 15 is 0 Å². The molecule has 10 heteroatoms. The zero-order chi connectivity index (χ0) is 24.0. The molecule has 0 unspecified atom stereocenters. The first kappa shape index (κ1) is 25.4. The summed E-state index contributed by atoms with van der Waals surface area (Å²) in [5.74, 6) is -0.536. The Morgan fingerprint density at radius 1 is 1.03 bits per heavy atom. The molecule has 184 valence electrons. The predicted octanol–water partition coefficient (Wildman–Crippen LogP) is 3.04. The molecule has 3 N–H and O–H groups in total. The quantitative estimate of drug-likeness (QED) is 0.532. The summed E-state index contributed by atoms with van der Waals surface area (Å²) in [6.07, 6.45) is -0.437. The summed E-state index contributed by atoms with van der Waals surface area (Å²) in [5, 5.41) is 15.2. The number of likely N-dealkylation sites (tertiary alicyclic amines) is 1. The van der Waals surface area contributed by atoms with Crippen LogP contribution in [0.25, 0.3) is 0 Å². The van der Waals surface area contributed by atoms with Crippen molar-refractivity contribution in [1.82, 2.24) is 15.5 Å². The Balaban J connectivity index is 1.41. The Morgan fingerprint density at radius 3 is 2.30 bits per heavy atom. The third kappa shape index (κ3) is 7.67. The summed E-state index contributed by atoms with van der Waals surface area (Å²) in [4.78, 5) is 26.7. The highest BCUT2D eigenvalue weighted by Gasteiger charge is 2.32. The highest BCUT2D eigenvalue weighted by molar-refractivity contribution is 5.94. The average molecular weight is 474 g/mol. The number of hydrogen-bond acceptors (Lipinski definition) is 4. The molecule has 1 aromatic rings. The second kappa shape index (κ2) is 11.3. The van der Waals surface area contributed by atoms with Crippen LogP contribution in [-0.4, -0.2) is 60.1 Å². The first-order valence-corrected chi connectivity index (χ1v) is 11.4. The number of halogens is 4. The average Bonchev–Trinajstić information content (AvgIpc) is 2.79. The predicted molar refractivity (Wildman–Crippen MR) is 114 cm³/mol. The monoisotopic (exact) mass is 473 g/mol. The molecule has 1 aliphatic heterocycles. The topological polar surface area (TPSA) is 81.7 Å². The van der Waals surface area contributed by atoms with E-state index in [2.05, 4.69) is 10.6 Å². The fourth-order valence-corrected chi connectivity index (χ4v) is 4.45. The van der Waals surface area contributed by atoms with Gasteiger partial charge in [-0.2, -0.15) is 13.2 Å². The number of alkyl halides is 4. The highest BCUT2D eigenvalue weighted by atomic mass is 19.4. The van der Waals surface area contributed by atoms with Gasteiger partial charge < -0.3 is 15.7 Å². The van der Waals surface area contributed by atoms with Crippen molar-refractivity contribution in [3.05, 3.63) is 34.9 Å². The van der Waals surface area contributed by atoms with Crippen molar-refractivity contribution in [2.75, 3.05) is 26.2 Å². The van der Waals surface area contributed by atoms with Crippen LogP contribution in [0.4, 0.5) is 17.6 Å². The van der Waals surface area contributed by atoms with Crippen LogP contribution in [0.3, 0.4) is 0 Å². The maximum absolute atomic E-state index is 13.0. The summed E-state index contributed by atoms with van der Waals surface area (Å²) in [7, 11) is 0. The zero-order valence-electron chi connectivity index (χ0n) is 18.5. The van der Waals surface area contributed by atoms with E-state index in [9.17, 15) is 32.3 Å². The van der Waals surface area contributed by atoms with Gasteiger partial charge in [0.2, 0.25) is 5.91 Å². The molecule has 1 aromatic carbocycles. The van der Waals surface area contributed by atoms with E-state index in [-0.39, 0.29) is 35.1 Å². The fourth-order valence-electron chi connectivity index (χ4n) is 4.45. The molecule has 3 rings (SSSR count). The van der Waals surface area contributed by atoms with Crippen LogP contribution < -0.4 is 10.6 Å². The van der Waals surface area contributed by atoms with Crippen molar-refractivity contribution in [2.24, 2.45) is 5.92 Å². The molecule has 0 spiro atoms. The van der Waals surface area contributed by atoms with Crippen LogP contribution in [0.5, 0.6) is 0 Å². The van der Waals surface area contributed by atoms with Crippen molar-refractivity contribution in [2.45, 2.75) is 63.5 Å². The number of rotatable bonds is 7. The van der Waals surface area contributed by atoms with Gasteiger partial charge in [-0.05, 0) is 81.3 Å². The fraction of sp³-hybridized carbons (Fsp3) is 0.652. The van der Waals surface area contributed by atoms with E-state index < -0.39 is 24.3 Å². The summed E-state index contributed by atoms with van der Waals surface area (Å²) in [6.45, 7) is 0.900. The summed E-state index contributed by atoms with van der Waals surface area (Å²) < 4.78 is 51.9. The number of aliphatic hydroxyl groups is 1. The van der Waals surface area contributed by atoms with E-state index in [1.165, 1.54) is 0 Å². The van der Waals surface area contributed by atoms with Crippen molar-refractivity contribution < 1.29 is 32.3 Å². The minimum absolute atomic E-state index is 0.0312. The lowest BCUT2D eigenvalue weighted by Crippen LogP contribution is -2.46. The third-order valence-corrected chi connectivity index (χ3v) is 6.42. The molecule has 0 radical (unpaired) electrons. The maximum atomic E-state index is 13.0. The second-order valence-corrected chi connectivity index (χ2v) is 9.05. The number of carbonyl (C=O) groups is 2. The van der Waals surface area contributed by atoms with Gasteiger partial charge in [-0.25, -0.2) is 4.39 Å². The molecule has 2 fully saturated rings. The largest absolute Gasteiger partial charge is 0.416 e. The second-order valence-electron chi connectivity index (χ2n) is 9.05. The lowest BCUT2D eigenvalue weighted by Gasteiger charge is -2.32. The van der Waals surface area contributed by atoms with E-state index in [1.54, 1.807) is 0 Å². The lowest BCUT2D eigenvalue weighted by atomic mass is 9.93. The van der Waals surface area contributed by atoms with Gasteiger partial charge in [-0.15, -0.1) is 0 Å². The van der Waals surface area contributed by atoms with Gasteiger partial charge in [0.15, 0.2) is 0 Å². The van der Waals surface area contributed by atoms with Crippen LogP contribution in [0.1, 0.15) is 60.0 Å². The standard InChI is InChI=1S/C23H31F4N3O3/c24-12-16-9-17(11-18(10-16)23(25,26)27)22(33)28-13-15-5-7-30(8-6-15)14-21(32)29-19-1-3-20(31)4-2-19/h9-11,15,19-20,31H,1-8,12-14H2,(H,28,33)(H,29,32)/t19-,20-. The van der Waals surface area contributed by atoms with E-state index in [1.807, 2.05) is 4.90 Å². The molecular weight excluding hydrogens is 442 g/mol. The van der Waals surface area contributed by atoms with E-state index in [4.69, 9.17) is 0 Å². The van der Waals surface area contributed by atoms with E-state index in [0.717, 1.165) is 37.8 Å². The molecule has 0 atom stereocenters. The Labute approximate surface area is 190 Å². The van der Waals surface area contributed by atoms with Crippen molar-refractivity contribution in [3.63, 3.8) is 0 Å². The Bertz CT molecular complexity index is 818. The molecule has 1 heterocycles. The number of piperidine rings is 1. The Hall–Kier alpha value is -2.20. The normalized spacial score (nSPS) is 22.7. The van der Waals surface area contributed by atoms with Gasteiger partial charge in [0.1, 0.15) is 6.67 Å². The maximum Gasteiger partial charge on any atom is 0.416 e. The minimum atomic E-state index is -4.66. The van der Waals surface area contributed by atoms with E-state index in [0.29, 0.717) is 45.1 Å². The number of nitrogens with zero attached hydrogens (tertiary/aromatic N) is 1. The van der Waals surface area contributed by atoms with Gasteiger partial charge >= 0.3 is 6.18 Å². The number of amides is 2. The van der Waals surface area contributed by atoms with Crippen LogP contribution in [0.2, 0.25) is 0 Å². The highest BCUT2D eigenvalue weighted by Crippen LogP contribution is 2.31. The smallest absolute Gasteiger partial charge is 0.393 e. The number of benzene rings is 1. The van der Waals surface area contributed by atoms with Crippen LogP contribution >= 0.6 is 0 Å². The summed E-state index contributed by atoms with van der Waals surface area (Å²) in [5.41, 5.74) is -1.44. The molecule has 6 nitrogen and oxygen atoms in total. The van der Waals surface area contributed by atoms with Gasteiger partial charge in [0.05, 0.1) is 18.2 Å². The molecular formula is C23H31F4N3O3. The van der Waals surface area contributed by atoms with Gasteiger partial charge in [-0.3, -0.25) is 14.5 Å². The molecule has 33 heavy (non-hydrogen) atoms. The molecule has 0 aromatic heterocycles. The molecule has 2 amide bonds. The lowest BCUT2D eigenvalue weighted by molar-refractivity contribution is -0.137. The molecule has 1 saturated heterocycles. The van der Waals surface area contributed by atoms with Crippen LogP contribution in [0, 0.1) is 5.92 Å². The first-order chi connectivity index (χ1) is 15.6. The Kier molecular flexibility index (Phi) is 8.69. The number of aliphatic hydroxyl groups excluding tert-OH is 1. The van der Waals surface area contributed by atoms with Crippen LogP contribution in [0.15, 0.2) is 18.2 Å². The van der Waals surface area contributed by atoms with Gasteiger partial charge in [0.25, 0.3) is 5.91 Å². The molecule has 2 aliphatic rings. The van der Waals surface area contributed by atoms with Gasteiger partial charge in [-0.1, -0.05) is 0 Å². The van der Waals surface area contributed by atoms with Gasteiger partial charge in [0, 0.05) is 18.2 Å². The summed E-state index contributed by atoms with van der Waals surface area (Å²) >= 11 is 0. The molecule has 0 bridgehead atoms. The SMILES string of the molecule is O=C(CN1CCC(CNC(=O)c2cc(CF)cc(C(F)(F)F)c2)CC1)N[C@H]1CC[C@H](O)CC1. The zero-order valence-corrected chi connectivity index (χ0v) is 18.5. The summed E-state index contributed by atoms with van der Waals surface area (Å²) in [6, 6.07) is 2.70. The molecule has 1 aliphatic carbocycles. The first-order valence-electron chi connectivity index (χ1n) is 11.4. The molecule has 1 saturated carbocycles. The third-order valence-electron chi connectivity index (χ3n) is 6.42. The minimum Gasteiger partial charge on any atom is -0.393 e. The van der Waals surface area contributed by atoms with Crippen molar-refractivity contribution >= 4 is 11.8 Å². The number of carbonyl (C=O) groups excluding carboxylic acids is 2. The van der Waals surface area contributed by atoms with Crippen molar-refractivity contribution in [1.29, 1.82) is 0 Å². The number of nitrogens with one attached hydrogen (secondary N) is 2.